The van der Waals surface area contributed by atoms with Gasteiger partial charge in [0.2, 0.25) is 0 Å². The Morgan fingerprint density at radius 3 is 1.77 bits per heavy atom. The van der Waals surface area contributed by atoms with Crippen LogP contribution in [0.3, 0.4) is 0 Å². The molecule has 0 N–H and O–H groups in total. The molecule has 0 aromatic rings. The molecule has 0 aromatic heterocycles. The van der Waals surface area contributed by atoms with Gasteiger partial charge in [0, 0.05) is 12.8 Å². The van der Waals surface area contributed by atoms with Crippen molar-refractivity contribution in [3.8, 4) is 0 Å². The molecule has 0 bridgehead atoms. The Morgan fingerprint density at radius 2 is 1.18 bits per heavy atom. The van der Waals surface area contributed by atoms with Crippen molar-refractivity contribution in [1.29, 1.82) is 0 Å². The van der Waals surface area contributed by atoms with E-state index in [0.717, 1.165) is 44.9 Å². The lowest BCUT2D eigenvalue weighted by Gasteiger charge is -2.05. The molecule has 0 rings (SSSR count). The van der Waals surface area contributed by atoms with Gasteiger partial charge in [0.25, 0.3) is 0 Å². The van der Waals surface area contributed by atoms with Gasteiger partial charge in [0.05, 0.1) is 13.7 Å². The van der Waals surface area contributed by atoms with Crippen LogP contribution in [-0.2, 0) is 19.1 Å². The minimum Gasteiger partial charge on any atom is -0.469 e. The van der Waals surface area contributed by atoms with E-state index in [1.54, 1.807) is 0 Å². The molecule has 0 saturated carbocycles. The molecule has 0 unspecified atom stereocenters. The smallest absolute Gasteiger partial charge is 0.305 e. The van der Waals surface area contributed by atoms with Gasteiger partial charge in [-0.25, -0.2) is 0 Å². The first-order valence-corrected chi connectivity index (χ1v) is 8.93. The van der Waals surface area contributed by atoms with Gasteiger partial charge in [-0.3, -0.25) is 9.59 Å². The zero-order valence-electron chi connectivity index (χ0n) is 14.5. The van der Waals surface area contributed by atoms with Crippen LogP contribution in [0, 0.1) is 0 Å². The quantitative estimate of drug-likeness (QED) is 0.322. The third-order valence-electron chi connectivity index (χ3n) is 3.75. The maximum Gasteiger partial charge on any atom is 0.305 e. The Morgan fingerprint density at radius 1 is 0.682 bits per heavy atom. The van der Waals surface area contributed by atoms with Crippen LogP contribution in [0.4, 0.5) is 0 Å². The normalized spacial score (nSPS) is 10.5. The molecular weight excluding hydrogens is 280 g/mol. The number of ether oxygens (including phenoxy) is 2. The maximum atomic E-state index is 11.5. The van der Waals surface area contributed by atoms with E-state index in [1.165, 1.54) is 32.8 Å². The van der Waals surface area contributed by atoms with Crippen molar-refractivity contribution in [3.05, 3.63) is 0 Å². The highest BCUT2D eigenvalue weighted by Crippen LogP contribution is 2.09. The van der Waals surface area contributed by atoms with Crippen LogP contribution < -0.4 is 0 Å². The van der Waals surface area contributed by atoms with Gasteiger partial charge in [-0.05, 0) is 19.3 Å². The Kier molecular flexibility index (Phi) is 15.5. The van der Waals surface area contributed by atoms with Gasteiger partial charge < -0.3 is 9.47 Å². The molecule has 0 aliphatic heterocycles. The average molecular weight is 314 g/mol. The first-order valence-electron chi connectivity index (χ1n) is 8.93. The fourth-order valence-corrected chi connectivity index (χ4v) is 2.31. The molecule has 0 aliphatic carbocycles. The predicted molar refractivity (Wildman–Crippen MR) is 88.7 cm³/mol. The lowest BCUT2D eigenvalue weighted by atomic mass is 10.1. The minimum absolute atomic E-state index is 0.0666. The molecule has 0 saturated heterocycles. The lowest BCUT2D eigenvalue weighted by molar-refractivity contribution is -0.144. The number of hydrogen-bond donors (Lipinski definition) is 0. The monoisotopic (exact) mass is 314 g/mol. The third-order valence-corrected chi connectivity index (χ3v) is 3.75. The summed E-state index contributed by atoms with van der Waals surface area (Å²) in [5, 5.41) is 0. The molecule has 0 aromatic carbocycles. The molecule has 0 fully saturated rings. The van der Waals surface area contributed by atoms with Crippen molar-refractivity contribution in [1.82, 2.24) is 0 Å². The van der Waals surface area contributed by atoms with E-state index < -0.39 is 0 Å². The zero-order chi connectivity index (χ0) is 16.5. The van der Waals surface area contributed by atoms with Crippen molar-refractivity contribution in [2.24, 2.45) is 0 Å². The van der Waals surface area contributed by atoms with Gasteiger partial charge in [-0.2, -0.15) is 0 Å². The first-order chi connectivity index (χ1) is 10.7. The number of carbonyl (C=O) groups is 2. The summed E-state index contributed by atoms with van der Waals surface area (Å²) in [6.45, 7) is 2.78. The number of hydrogen-bond acceptors (Lipinski definition) is 4. The minimum atomic E-state index is -0.140. The molecule has 130 valence electrons. The summed E-state index contributed by atoms with van der Waals surface area (Å²) in [4.78, 5) is 22.4. The summed E-state index contributed by atoms with van der Waals surface area (Å²) in [6, 6.07) is 0. The summed E-state index contributed by atoms with van der Waals surface area (Å²) in [7, 11) is 1.42. The van der Waals surface area contributed by atoms with Crippen LogP contribution in [-0.4, -0.2) is 25.7 Å². The van der Waals surface area contributed by atoms with Crippen LogP contribution in [0.1, 0.15) is 90.4 Å². The molecule has 0 aliphatic rings. The Balaban J connectivity index is 3.21. The molecule has 0 spiro atoms. The average Bonchev–Trinajstić information content (AvgIpc) is 2.52. The van der Waals surface area contributed by atoms with Gasteiger partial charge in [0.15, 0.2) is 0 Å². The number of esters is 2. The van der Waals surface area contributed by atoms with Crippen LogP contribution in [0.5, 0.6) is 0 Å². The summed E-state index contributed by atoms with van der Waals surface area (Å²) in [5.74, 6) is -0.207. The topological polar surface area (TPSA) is 52.6 Å². The molecule has 4 nitrogen and oxygen atoms in total. The Bertz CT molecular complexity index is 276. The van der Waals surface area contributed by atoms with Crippen LogP contribution in [0.15, 0.2) is 0 Å². The van der Waals surface area contributed by atoms with Crippen molar-refractivity contribution in [3.63, 3.8) is 0 Å². The second kappa shape index (κ2) is 16.3. The first kappa shape index (κ1) is 20.9. The Hall–Kier alpha value is -1.06. The summed E-state index contributed by atoms with van der Waals surface area (Å²) in [5.41, 5.74) is 0. The maximum absolute atomic E-state index is 11.5. The summed E-state index contributed by atoms with van der Waals surface area (Å²) < 4.78 is 9.81. The third kappa shape index (κ3) is 15.3. The largest absolute Gasteiger partial charge is 0.469 e. The second-order valence-corrected chi connectivity index (χ2v) is 5.83. The molecule has 0 atom stereocenters. The number of rotatable bonds is 15. The molecule has 0 heterocycles. The predicted octanol–water partition coefficient (Wildman–Crippen LogP) is 4.79. The Labute approximate surface area is 135 Å². The van der Waals surface area contributed by atoms with Gasteiger partial charge >= 0.3 is 11.9 Å². The molecule has 22 heavy (non-hydrogen) atoms. The summed E-state index contributed by atoms with van der Waals surface area (Å²) in [6.07, 6.45) is 13.1. The fraction of sp³-hybridized carbons (Fsp3) is 0.889. The molecule has 4 heteroatoms. The number of unbranched alkanes of at least 4 members (excludes halogenated alkanes) is 9. The SMILES string of the molecule is CCCCCCCCOC(=O)CCCCCCCC(=O)OC. The van der Waals surface area contributed by atoms with Gasteiger partial charge in [-0.1, -0.05) is 58.3 Å². The summed E-state index contributed by atoms with van der Waals surface area (Å²) >= 11 is 0. The van der Waals surface area contributed by atoms with E-state index in [4.69, 9.17) is 4.74 Å². The molecule has 0 amide bonds. The van der Waals surface area contributed by atoms with Gasteiger partial charge in [-0.15, -0.1) is 0 Å². The highest BCUT2D eigenvalue weighted by molar-refractivity contribution is 5.69. The standard InChI is InChI=1S/C18H34O4/c1-3-4-5-6-10-13-16-22-18(20)15-12-9-7-8-11-14-17(19)21-2/h3-16H2,1-2H3. The second-order valence-electron chi connectivity index (χ2n) is 5.83. The molecule has 0 radical (unpaired) electrons. The number of carbonyl (C=O) groups excluding carboxylic acids is 2. The van der Waals surface area contributed by atoms with E-state index in [-0.39, 0.29) is 11.9 Å². The van der Waals surface area contributed by atoms with Crippen LogP contribution in [0.25, 0.3) is 0 Å². The highest BCUT2D eigenvalue weighted by atomic mass is 16.5. The fourth-order valence-electron chi connectivity index (χ4n) is 2.31. The highest BCUT2D eigenvalue weighted by Gasteiger charge is 2.03. The van der Waals surface area contributed by atoms with E-state index >= 15 is 0 Å². The van der Waals surface area contributed by atoms with Crippen molar-refractivity contribution < 1.29 is 19.1 Å². The van der Waals surface area contributed by atoms with E-state index in [1.807, 2.05) is 0 Å². The van der Waals surface area contributed by atoms with E-state index in [2.05, 4.69) is 11.7 Å². The molecular formula is C18H34O4. The van der Waals surface area contributed by atoms with Crippen LogP contribution >= 0.6 is 0 Å². The van der Waals surface area contributed by atoms with E-state index in [9.17, 15) is 9.59 Å². The van der Waals surface area contributed by atoms with Crippen molar-refractivity contribution in [2.75, 3.05) is 13.7 Å². The van der Waals surface area contributed by atoms with Gasteiger partial charge in [0.1, 0.15) is 0 Å². The van der Waals surface area contributed by atoms with Crippen LogP contribution in [0.2, 0.25) is 0 Å². The van der Waals surface area contributed by atoms with Crippen molar-refractivity contribution >= 4 is 11.9 Å². The van der Waals surface area contributed by atoms with E-state index in [0.29, 0.717) is 19.4 Å². The lowest BCUT2D eigenvalue weighted by Crippen LogP contribution is -2.05. The zero-order valence-corrected chi connectivity index (χ0v) is 14.5. The van der Waals surface area contributed by atoms with Crippen molar-refractivity contribution in [2.45, 2.75) is 90.4 Å². The number of methoxy groups -OCH3 is 1.